The molecule has 1 aliphatic rings. The maximum Gasteiger partial charge on any atom is 0.254 e. The van der Waals surface area contributed by atoms with E-state index in [9.17, 15) is 9.90 Å². The number of aryl methyl sites for hydroxylation is 1. The fourth-order valence-electron chi connectivity index (χ4n) is 2.74. The third-order valence-electron chi connectivity index (χ3n) is 3.89. The molecular formula is C16H18N2O3. The molecule has 0 saturated heterocycles. The number of benzene rings is 1. The zero-order valence-corrected chi connectivity index (χ0v) is 12.0. The maximum atomic E-state index is 12.3. The van der Waals surface area contributed by atoms with Crippen molar-refractivity contribution in [3.63, 3.8) is 0 Å². The number of rotatable bonds is 2. The van der Waals surface area contributed by atoms with Crippen LogP contribution < -0.4 is 10.3 Å². The van der Waals surface area contributed by atoms with Gasteiger partial charge in [-0.2, -0.15) is 0 Å². The molecule has 0 saturated carbocycles. The predicted molar refractivity (Wildman–Crippen MR) is 79.8 cm³/mol. The van der Waals surface area contributed by atoms with Gasteiger partial charge in [-0.3, -0.25) is 4.79 Å². The Kier molecular flexibility index (Phi) is 3.64. The number of aromatic hydroxyl groups is 1. The molecule has 0 amide bonds. The number of fused-ring (bicyclic) bond motifs is 1. The first-order valence-electron chi connectivity index (χ1n) is 7.18. The minimum absolute atomic E-state index is 0.0519. The number of aromatic amines is 1. The van der Waals surface area contributed by atoms with Crippen molar-refractivity contribution in [3.05, 3.63) is 39.8 Å². The van der Waals surface area contributed by atoms with Gasteiger partial charge in [0.25, 0.3) is 5.56 Å². The summed E-state index contributed by atoms with van der Waals surface area (Å²) in [5.41, 5.74) is 2.40. The Morgan fingerprint density at radius 1 is 1.24 bits per heavy atom. The molecule has 3 rings (SSSR count). The van der Waals surface area contributed by atoms with Crippen LogP contribution in [0.4, 0.5) is 0 Å². The van der Waals surface area contributed by atoms with Gasteiger partial charge in [0, 0.05) is 11.1 Å². The van der Waals surface area contributed by atoms with Crippen LogP contribution in [0.2, 0.25) is 0 Å². The number of methoxy groups -OCH3 is 1. The summed E-state index contributed by atoms with van der Waals surface area (Å²) in [6.45, 7) is 0. The normalized spacial score (nSPS) is 14.3. The number of phenols is 1. The SMILES string of the molecule is COc1cc(-c2nc3c(c(=O)[nH]2)CCCCC3)ccc1O. The number of aromatic nitrogens is 2. The van der Waals surface area contributed by atoms with Gasteiger partial charge < -0.3 is 14.8 Å². The topological polar surface area (TPSA) is 75.2 Å². The standard InChI is InChI=1S/C16H18N2O3/c1-21-14-9-10(7-8-13(14)19)15-17-12-6-4-2-3-5-11(12)16(20)18-15/h7-9,19H,2-6H2,1H3,(H,17,18,20). The highest BCUT2D eigenvalue weighted by Gasteiger charge is 2.15. The molecule has 0 radical (unpaired) electrons. The van der Waals surface area contributed by atoms with Gasteiger partial charge in [0.1, 0.15) is 5.82 Å². The van der Waals surface area contributed by atoms with E-state index in [1.807, 2.05) is 0 Å². The third-order valence-corrected chi connectivity index (χ3v) is 3.89. The van der Waals surface area contributed by atoms with Crippen LogP contribution in [0.5, 0.6) is 11.5 Å². The minimum Gasteiger partial charge on any atom is -0.504 e. The first-order chi connectivity index (χ1) is 10.2. The van der Waals surface area contributed by atoms with E-state index in [0.717, 1.165) is 48.9 Å². The molecule has 0 unspecified atom stereocenters. The van der Waals surface area contributed by atoms with Crippen molar-refractivity contribution in [1.29, 1.82) is 0 Å². The number of phenolic OH excluding ortho intramolecular Hbond substituents is 1. The molecule has 21 heavy (non-hydrogen) atoms. The van der Waals surface area contributed by atoms with E-state index in [2.05, 4.69) is 9.97 Å². The average Bonchev–Trinajstić information content (AvgIpc) is 2.73. The van der Waals surface area contributed by atoms with Gasteiger partial charge in [-0.1, -0.05) is 6.42 Å². The highest BCUT2D eigenvalue weighted by molar-refractivity contribution is 5.61. The van der Waals surface area contributed by atoms with Crippen LogP contribution in [-0.4, -0.2) is 22.2 Å². The molecule has 0 aliphatic heterocycles. The Morgan fingerprint density at radius 3 is 2.86 bits per heavy atom. The van der Waals surface area contributed by atoms with Gasteiger partial charge in [0.05, 0.1) is 12.8 Å². The molecular weight excluding hydrogens is 268 g/mol. The fraction of sp³-hybridized carbons (Fsp3) is 0.375. The number of nitrogens with zero attached hydrogens (tertiary/aromatic N) is 1. The number of hydrogen-bond acceptors (Lipinski definition) is 4. The molecule has 2 N–H and O–H groups in total. The van der Waals surface area contributed by atoms with E-state index < -0.39 is 0 Å². The fourth-order valence-corrected chi connectivity index (χ4v) is 2.74. The molecule has 0 atom stereocenters. The summed E-state index contributed by atoms with van der Waals surface area (Å²) in [6.07, 6.45) is 4.91. The van der Waals surface area contributed by atoms with Crippen molar-refractivity contribution in [1.82, 2.24) is 9.97 Å². The molecule has 110 valence electrons. The largest absolute Gasteiger partial charge is 0.504 e. The zero-order chi connectivity index (χ0) is 14.8. The Bertz CT molecular complexity index is 722. The Labute approximate surface area is 122 Å². The molecule has 5 nitrogen and oxygen atoms in total. The van der Waals surface area contributed by atoms with E-state index in [1.54, 1.807) is 18.2 Å². The second-order valence-electron chi connectivity index (χ2n) is 5.29. The third kappa shape index (κ3) is 2.63. The summed E-state index contributed by atoms with van der Waals surface area (Å²) in [4.78, 5) is 19.7. The van der Waals surface area contributed by atoms with E-state index in [4.69, 9.17) is 4.74 Å². The summed E-state index contributed by atoms with van der Waals surface area (Å²) in [5.74, 6) is 0.961. The lowest BCUT2D eigenvalue weighted by molar-refractivity contribution is 0.373. The number of nitrogens with one attached hydrogen (secondary N) is 1. The van der Waals surface area contributed by atoms with Gasteiger partial charge >= 0.3 is 0 Å². The lowest BCUT2D eigenvalue weighted by atomic mass is 10.1. The number of H-pyrrole nitrogens is 1. The van der Waals surface area contributed by atoms with Crippen LogP contribution in [0.3, 0.4) is 0 Å². The summed E-state index contributed by atoms with van der Waals surface area (Å²) in [6, 6.07) is 4.94. The molecule has 1 heterocycles. The Morgan fingerprint density at radius 2 is 2.05 bits per heavy atom. The quantitative estimate of drug-likeness (QED) is 0.831. The first-order valence-corrected chi connectivity index (χ1v) is 7.18. The highest BCUT2D eigenvalue weighted by Crippen LogP contribution is 2.30. The summed E-state index contributed by atoms with van der Waals surface area (Å²) in [5, 5.41) is 9.65. The zero-order valence-electron chi connectivity index (χ0n) is 12.0. The van der Waals surface area contributed by atoms with E-state index in [0.29, 0.717) is 11.6 Å². The van der Waals surface area contributed by atoms with Crippen LogP contribution in [0.15, 0.2) is 23.0 Å². The van der Waals surface area contributed by atoms with E-state index >= 15 is 0 Å². The van der Waals surface area contributed by atoms with E-state index in [1.165, 1.54) is 7.11 Å². The molecule has 1 aromatic carbocycles. The van der Waals surface area contributed by atoms with Gasteiger partial charge in [-0.25, -0.2) is 4.98 Å². The van der Waals surface area contributed by atoms with Crippen molar-refractivity contribution in [2.24, 2.45) is 0 Å². The maximum absolute atomic E-state index is 12.3. The Hall–Kier alpha value is -2.30. The first kappa shape index (κ1) is 13.7. The number of hydrogen-bond donors (Lipinski definition) is 2. The van der Waals surface area contributed by atoms with Crippen LogP contribution in [0.1, 0.15) is 30.5 Å². The average molecular weight is 286 g/mol. The summed E-state index contributed by atoms with van der Waals surface area (Å²) in [7, 11) is 1.49. The van der Waals surface area contributed by atoms with Crippen molar-refractivity contribution in [3.8, 4) is 22.9 Å². The lowest BCUT2D eigenvalue weighted by Gasteiger charge is -2.09. The van der Waals surface area contributed by atoms with Gasteiger partial charge in [0.2, 0.25) is 0 Å². The van der Waals surface area contributed by atoms with Gasteiger partial charge in [0.15, 0.2) is 11.5 Å². The molecule has 0 fully saturated rings. The summed E-state index contributed by atoms with van der Waals surface area (Å²) >= 11 is 0. The van der Waals surface area contributed by atoms with Crippen molar-refractivity contribution in [2.45, 2.75) is 32.1 Å². The minimum atomic E-state index is -0.0519. The highest BCUT2D eigenvalue weighted by atomic mass is 16.5. The van der Waals surface area contributed by atoms with Crippen molar-refractivity contribution < 1.29 is 9.84 Å². The molecule has 0 spiro atoms. The van der Waals surface area contributed by atoms with Crippen LogP contribution in [0.25, 0.3) is 11.4 Å². The van der Waals surface area contributed by atoms with Gasteiger partial charge in [-0.05, 0) is 43.9 Å². The second kappa shape index (κ2) is 5.60. The van der Waals surface area contributed by atoms with Gasteiger partial charge in [-0.15, -0.1) is 0 Å². The number of ether oxygens (including phenoxy) is 1. The second-order valence-corrected chi connectivity index (χ2v) is 5.29. The van der Waals surface area contributed by atoms with Crippen molar-refractivity contribution >= 4 is 0 Å². The molecule has 1 aliphatic carbocycles. The smallest absolute Gasteiger partial charge is 0.254 e. The molecule has 0 bridgehead atoms. The van der Waals surface area contributed by atoms with Crippen LogP contribution >= 0.6 is 0 Å². The predicted octanol–water partition coefficient (Wildman–Crippen LogP) is 2.42. The van der Waals surface area contributed by atoms with Crippen molar-refractivity contribution in [2.75, 3.05) is 7.11 Å². The monoisotopic (exact) mass is 286 g/mol. The van der Waals surface area contributed by atoms with Crippen LogP contribution in [0, 0.1) is 0 Å². The molecule has 1 aromatic heterocycles. The molecule has 5 heteroatoms. The van der Waals surface area contributed by atoms with E-state index in [-0.39, 0.29) is 11.3 Å². The Balaban J connectivity index is 2.09. The lowest BCUT2D eigenvalue weighted by Crippen LogP contribution is -2.18. The summed E-state index contributed by atoms with van der Waals surface area (Å²) < 4.78 is 5.10. The molecule has 2 aromatic rings. The van der Waals surface area contributed by atoms with Crippen LogP contribution in [-0.2, 0) is 12.8 Å².